The fourth-order valence-electron chi connectivity index (χ4n) is 4.65. The molecule has 1 aliphatic heterocycles. The maximum atomic E-state index is 13.4. The summed E-state index contributed by atoms with van der Waals surface area (Å²) in [5, 5.41) is 18.4. The number of pyridine rings is 1. The zero-order chi connectivity index (χ0) is 27.5. The number of halogens is 1. The molecular weight excluding hydrogens is 505 g/mol. The van der Waals surface area contributed by atoms with Gasteiger partial charge in [0.25, 0.3) is 0 Å². The van der Waals surface area contributed by atoms with Crippen LogP contribution >= 0.6 is 0 Å². The Balaban J connectivity index is 1.18. The summed E-state index contributed by atoms with van der Waals surface area (Å²) in [4.78, 5) is 30.9. The van der Waals surface area contributed by atoms with Crippen molar-refractivity contribution in [3.8, 4) is 17.7 Å². The van der Waals surface area contributed by atoms with Crippen molar-refractivity contribution >= 4 is 17.0 Å². The number of hydrogen-bond donors (Lipinski definition) is 1. The smallest absolute Gasteiger partial charge is 0.354 e. The summed E-state index contributed by atoms with van der Waals surface area (Å²) < 4.78 is 27.1. The summed E-state index contributed by atoms with van der Waals surface area (Å²) in [6, 6.07) is 9.11. The van der Waals surface area contributed by atoms with E-state index < -0.39 is 11.8 Å². The highest BCUT2D eigenvalue weighted by molar-refractivity contribution is 5.89. The van der Waals surface area contributed by atoms with Crippen molar-refractivity contribution in [2.75, 3.05) is 6.54 Å². The van der Waals surface area contributed by atoms with Gasteiger partial charge in [0, 0.05) is 31.9 Å². The lowest BCUT2D eigenvalue weighted by Gasteiger charge is -2.37. The number of aryl methyl sites for hydroxylation is 1. The van der Waals surface area contributed by atoms with Gasteiger partial charge >= 0.3 is 5.97 Å². The van der Waals surface area contributed by atoms with Crippen LogP contribution in [0.15, 0.2) is 42.7 Å². The molecule has 4 heterocycles. The summed E-state index contributed by atoms with van der Waals surface area (Å²) in [7, 11) is 1.88. The second-order valence-corrected chi connectivity index (χ2v) is 9.39. The van der Waals surface area contributed by atoms with Crippen LogP contribution in [0.3, 0.4) is 0 Å². The Morgan fingerprint density at radius 1 is 1.26 bits per heavy atom. The van der Waals surface area contributed by atoms with E-state index in [1.807, 2.05) is 17.7 Å². The van der Waals surface area contributed by atoms with Gasteiger partial charge in [-0.15, -0.1) is 0 Å². The normalized spacial score (nSPS) is 17.6. The molecule has 12 heteroatoms. The first-order chi connectivity index (χ1) is 18.8. The molecule has 1 aromatic carbocycles. The van der Waals surface area contributed by atoms with Gasteiger partial charge in [0.2, 0.25) is 5.88 Å². The molecule has 0 spiro atoms. The number of fused-ring (bicyclic) bond motifs is 1. The minimum Gasteiger partial charge on any atom is -0.484 e. The Morgan fingerprint density at radius 3 is 2.87 bits per heavy atom. The van der Waals surface area contributed by atoms with Gasteiger partial charge in [0.15, 0.2) is 5.82 Å². The Morgan fingerprint density at radius 2 is 2.10 bits per heavy atom. The van der Waals surface area contributed by atoms with Crippen LogP contribution in [0.2, 0.25) is 0 Å². The molecule has 1 fully saturated rings. The van der Waals surface area contributed by atoms with E-state index in [-0.39, 0.29) is 35.8 Å². The van der Waals surface area contributed by atoms with E-state index in [1.165, 1.54) is 18.3 Å². The Hall–Kier alpha value is -4.63. The van der Waals surface area contributed by atoms with Gasteiger partial charge in [-0.3, -0.25) is 4.90 Å². The van der Waals surface area contributed by atoms with Crippen molar-refractivity contribution < 1.29 is 23.8 Å². The highest BCUT2D eigenvalue weighted by atomic mass is 19.1. The van der Waals surface area contributed by atoms with Crippen molar-refractivity contribution in [3.63, 3.8) is 0 Å². The molecule has 1 aliphatic rings. The molecule has 0 bridgehead atoms. The number of nitrogens with zero attached hydrogens (tertiary/aromatic N) is 7. The first-order valence-corrected chi connectivity index (χ1v) is 12.4. The summed E-state index contributed by atoms with van der Waals surface area (Å²) in [6.07, 6.45) is 4.62. The fourth-order valence-corrected chi connectivity index (χ4v) is 4.65. The number of carboxylic acids is 1. The predicted molar refractivity (Wildman–Crippen MR) is 136 cm³/mol. The topological polar surface area (TPSA) is 139 Å². The van der Waals surface area contributed by atoms with Crippen LogP contribution in [-0.2, 0) is 20.2 Å². The third kappa shape index (κ3) is 5.78. The number of hydrogen-bond acceptors (Lipinski definition) is 9. The molecule has 5 rings (SSSR count). The molecule has 2 unspecified atom stereocenters. The van der Waals surface area contributed by atoms with E-state index in [1.54, 1.807) is 18.3 Å². The molecule has 0 saturated carbocycles. The minimum atomic E-state index is -1.07. The number of piperidine rings is 1. The number of aromatic nitrogens is 5. The molecule has 1 saturated heterocycles. The van der Waals surface area contributed by atoms with Crippen LogP contribution in [0.4, 0.5) is 4.39 Å². The molecule has 0 radical (unpaired) electrons. The Kier molecular flexibility index (Phi) is 7.33. The SMILES string of the molecule is CC1CC(Oc2ccnc(COc3ccc(F)cc3C#N)n2)CCN1Cc1nc2cnc(C(=O)O)cc2n1C. The van der Waals surface area contributed by atoms with Crippen LogP contribution in [0, 0.1) is 17.1 Å². The van der Waals surface area contributed by atoms with Gasteiger partial charge in [-0.1, -0.05) is 0 Å². The number of aromatic carboxylic acids is 1. The second-order valence-electron chi connectivity index (χ2n) is 9.39. The molecule has 11 nitrogen and oxygen atoms in total. The summed E-state index contributed by atoms with van der Waals surface area (Å²) in [5.74, 6) is 0.334. The number of likely N-dealkylation sites (tertiary alicyclic amines) is 1. The molecule has 39 heavy (non-hydrogen) atoms. The zero-order valence-electron chi connectivity index (χ0n) is 21.4. The quantitative estimate of drug-likeness (QED) is 0.359. The maximum absolute atomic E-state index is 13.4. The average molecular weight is 532 g/mol. The lowest BCUT2D eigenvalue weighted by atomic mass is 10.0. The van der Waals surface area contributed by atoms with Gasteiger partial charge in [-0.25, -0.2) is 24.1 Å². The summed E-state index contributed by atoms with van der Waals surface area (Å²) in [6.45, 7) is 3.55. The first kappa shape index (κ1) is 26.0. The number of carbonyl (C=O) groups is 1. The lowest BCUT2D eigenvalue weighted by Crippen LogP contribution is -2.44. The van der Waals surface area contributed by atoms with Gasteiger partial charge in [0.05, 0.1) is 23.8 Å². The molecule has 3 aromatic heterocycles. The van der Waals surface area contributed by atoms with Crippen molar-refractivity contribution in [2.45, 2.75) is 45.1 Å². The van der Waals surface area contributed by atoms with Gasteiger partial charge < -0.3 is 19.1 Å². The molecule has 1 N–H and O–H groups in total. The van der Waals surface area contributed by atoms with Gasteiger partial charge in [0.1, 0.15) is 47.4 Å². The first-order valence-electron chi connectivity index (χ1n) is 12.4. The zero-order valence-corrected chi connectivity index (χ0v) is 21.4. The third-order valence-corrected chi connectivity index (χ3v) is 6.78. The number of nitriles is 1. The van der Waals surface area contributed by atoms with E-state index in [9.17, 15) is 19.6 Å². The van der Waals surface area contributed by atoms with Crippen molar-refractivity contribution in [1.29, 1.82) is 5.26 Å². The summed E-state index contributed by atoms with van der Waals surface area (Å²) in [5.41, 5.74) is 1.49. The van der Waals surface area contributed by atoms with Crippen LogP contribution in [0.5, 0.6) is 11.6 Å². The number of benzene rings is 1. The Labute approximate surface area is 223 Å². The predicted octanol–water partition coefficient (Wildman–Crippen LogP) is 3.48. The van der Waals surface area contributed by atoms with E-state index in [0.717, 1.165) is 36.8 Å². The molecule has 0 aliphatic carbocycles. The van der Waals surface area contributed by atoms with Crippen LogP contribution in [-0.4, -0.2) is 59.2 Å². The van der Waals surface area contributed by atoms with Gasteiger partial charge in [-0.2, -0.15) is 10.2 Å². The maximum Gasteiger partial charge on any atom is 0.354 e. The van der Waals surface area contributed by atoms with E-state index in [2.05, 4.69) is 31.8 Å². The van der Waals surface area contributed by atoms with E-state index in [0.29, 0.717) is 23.8 Å². The summed E-state index contributed by atoms with van der Waals surface area (Å²) >= 11 is 0. The molecular formula is C27H26FN7O4. The van der Waals surface area contributed by atoms with Crippen molar-refractivity contribution in [2.24, 2.45) is 7.05 Å². The lowest BCUT2D eigenvalue weighted by molar-refractivity contribution is 0.0538. The molecule has 200 valence electrons. The van der Waals surface area contributed by atoms with Crippen LogP contribution in [0.1, 0.15) is 47.5 Å². The number of imidazole rings is 1. The number of rotatable bonds is 8. The number of carboxylic acid groups (broad SMARTS) is 1. The van der Waals surface area contributed by atoms with E-state index >= 15 is 0 Å². The average Bonchev–Trinajstić information content (AvgIpc) is 3.23. The second kappa shape index (κ2) is 11.0. The molecule has 4 aromatic rings. The van der Waals surface area contributed by atoms with Crippen molar-refractivity contribution in [3.05, 3.63) is 71.4 Å². The van der Waals surface area contributed by atoms with Crippen LogP contribution in [0.25, 0.3) is 11.0 Å². The highest BCUT2D eigenvalue weighted by Gasteiger charge is 2.28. The highest BCUT2D eigenvalue weighted by Crippen LogP contribution is 2.25. The van der Waals surface area contributed by atoms with Crippen LogP contribution < -0.4 is 9.47 Å². The minimum absolute atomic E-state index is 0.00779. The molecule has 2 atom stereocenters. The van der Waals surface area contributed by atoms with Gasteiger partial charge in [-0.05, 0) is 44.0 Å². The monoisotopic (exact) mass is 531 g/mol. The fraction of sp³-hybridized carbons (Fsp3) is 0.333. The molecule has 0 amide bonds. The third-order valence-electron chi connectivity index (χ3n) is 6.78. The standard InChI is InChI=1S/C27H26FN7O4/c1-16-9-19(6-8-35(16)14-25-32-21-13-31-20(27(36)37)11-22(21)34(25)2)39-26-5-7-30-24(33-26)15-38-23-4-3-18(28)10-17(23)12-29/h3-5,7,10-11,13,16,19H,6,8-9,14-15H2,1-2H3,(H,36,37). The van der Waals surface area contributed by atoms with E-state index in [4.69, 9.17) is 9.47 Å². The Bertz CT molecular complexity index is 1570. The largest absolute Gasteiger partial charge is 0.484 e. The number of ether oxygens (including phenoxy) is 2. The van der Waals surface area contributed by atoms with Crippen molar-refractivity contribution in [1.82, 2.24) is 29.4 Å².